The van der Waals surface area contributed by atoms with E-state index in [0.717, 1.165) is 0 Å². The van der Waals surface area contributed by atoms with Gasteiger partial charge < -0.3 is 9.63 Å². The second-order valence-corrected chi connectivity index (χ2v) is 5.90. The third-order valence-corrected chi connectivity index (χ3v) is 4.49. The molecule has 0 amide bonds. The van der Waals surface area contributed by atoms with Crippen molar-refractivity contribution in [2.45, 2.75) is 12.2 Å². The summed E-state index contributed by atoms with van der Waals surface area (Å²) in [5.74, 6) is -1.82. The van der Waals surface area contributed by atoms with E-state index < -0.39 is 21.9 Å². The minimum atomic E-state index is -3.50. The first-order valence-electron chi connectivity index (χ1n) is 5.09. The highest BCUT2D eigenvalue weighted by Crippen LogP contribution is 2.21. The molecule has 8 heteroatoms. The molecular formula is C9H12N2O5S. The van der Waals surface area contributed by atoms with E-state index in [9.17, 15) is 13.2 Å². The van der Waals surface area contributed by atoms with Crippen molar-refractivity contribution in [3.05, 3.63) is 18.0 Å². The summed E-state index contributed by atoms with van der Waals surface area (Å²) < 4.78 is 29.6. The van der Waals surface area contributed by atoms with E-state index in [2.05, 4.69) is 9.68 Å². The van der Waals surface area contributed by atoms with Crippen LogP contribution in [0.25, 0.3) is 0 Å². The minimum absolute atomic E-state index is 0.0372. The smallest absolute Gasteiger partial charge is 0.307 e. The molecule has 1 aliphatic rings. The summed E-state index contributed by atoms with van der Waals surface area (Å²) in [4.78, 5) is 10.7. The SMILES string of the molecule is O=C(O)C1CCN(S(=O)(=O)Cc2ccon2)C1. The molecule has 2 heterocycles. The molecule has 0 saturated carbocycles. The van der Waals surface area contributed by atoms with Gasteiger partial charge in [-0.25, -0.2) is 12.7 Å². The summed E-state index contributed by atoms with van der Waals surface area (Å²) in [6.45, 7) is 0.284. The zero-order valence-corrected chi connectivity index (χ0v) is 9.76. The first-order chi connectivity index (χ1) is 7.99. The predicted octanol–water partition coefficient (Wildman–Crippen LogP) is -0.0891. The Kier molecular flexibility index (Phi) is 3.16. The maximum atomic E-state index is 11.9. The molecular weight excluding hydrogens is 248 g/mol. The maximum Gasteiger partial charge on any atom is 0.307 e. The van der Waals surface area contributed by atoms with Crippen LogP contribution in [0.4, 0.5) is 0 Å². The van der Waals surface area contributed by atoms with Crippen molar-refractivity contribution >= 4 is 16.0 Å². The van der Waals surface area contributed by atoms with Crippen molar-refractivity contribution in [1.82, 2.24) is 9.46 Å². The molecule has 1 unspecified atom stereocenters. The van der Waals surface area contributed by atoms with E-state index in [4.69, 9.17) is 5.11 Å². The van der Waals surface area contributed by atoms with Crippen LogP contribution in [0.2, 0.25) is 0 Å². The quantitative estimate of drug-likeness (QED) is 0.812. The maximum absolute atomic E-state index is 11.9. The molecule has 0 spiro atoms. The van der Waals surface area contributed by atoms with Crippen LogP contribution >= 0.6 is 0 Å². The number of aromatic nitrogens is 1. The van der Waals surface area contributed by atoms with Gasteiger partial charge in [-0.1, -0.05) is 5.16 Å². The highest BCUT2D eigenvalue weighted by atomic mass is 32.2. The predicted molar refractivity (Wildman–Crippen MR) is 56.4 cm³/mol. The van der Waals surface area contributed by atoms with Crippen molar-refractivity contribution in [3.8, 4) is 0 Å². The average Bonchev–Trinajstić information content (AvgIpc) is 2.84. The van der Waals surface area contributed by atoms with E-state index in [1.54, 1.807) is 0 Å². The standard InChI is InChI=1S/C9H12N2O5S/c12-9(13)7-1-3-11(5-7)17(14,15)6-8-2-4-16-10-8/h2,4,7H,1,3,5-6H2,(H,12,13). The van der Waals surface area contributed by atoms with Gasteiger partial charge in [0.2, 0.25) is 10.0 Å². The molecule has 1 fully saturated rings. The van der Waals surface area contributed by atoms with Crippen LogP contribution in [0, 0.1) is 5.92 Å². The molecule has 94 valence electrons. The normalized spacial score (nSPS) is 21.8. The molecule has 1 aromatic heterocycles. The molecule has 1 aliphatic heterocycles. The minimum Gasteiger partial charge on any atom is -0.481 e. The second kappa shape index (κ2) is 4.46. The first-order valence-corrected chi connectivity index (χ1v) is 6.70. The summed E-state index contributed by atoms with van der Waals surface area (Å²) in [6.07, 6.45) is 1.66. The Hall–Kier alpha value is -1.41. The monoisotopic (exact) mass is 260 g/mol. The number of carboxylic acids is 1. The second-order valence-electron chi connectivity index (χ2n) is 3.93. The molecule has 0 bridgehead atoms. The van der Waals surface area contributed by atoms with Gasteiger partial charge in [0.05, 0.1) is 11.6 Å². The lowest BCUT2D eigenvalue weighted by Crippen LogP contribution is -2.31. The van der Waals surface area contributed by atoms with E-state index in [1.807, 2.05) is 0 Å². The van der Waals surface area contributed by atoms with Gasteiger partial charge in [-0.05, 0) is 6.42 Å². The van der Waals surface area contributed by atoms with E-state index in [0.29, 0.717) is 12.1 Å². The van der Waals surface area contributed by atoms with Gasteiger partial charge in [-0.3, -0.25) is 4.79 Å². The van der Waals surface area contributed by atoms with Crippen molar-refractivity contribution < 1.29 is 22.8 Å². The van der Waals surface area contributed by atoms with Crippen LogP contribution in [0.5, 0.6) is 0 Å². The Morgan fingerprint density at radius 1 is 1.65 bits per heavy atom. The summed E-state index contributed by atoms with van der Waals surface area (Å²) in [5, 5.41) is 12.3. The number of hydrogen-bond donors (Lipinski definition) is 1. The van der Waals surface area contributed by atoms with E-state index >= 15 is 0 Å². The molecule has 1 atom stereocenters. The fraction of sp³-hybridized carbons (Fsp3) is 0.556. The van der Waals surface area contributed by atoms with Crippen LogP contribution in [-0.2, 0) is 20.6 Å². The lowest BCUT2D eigenvalue weighted by Gasteiger charge is -2.14. The molecule has 1 aromatic rings. The van der Waals surface area contributed by atoms with Crippen LogP contribution in [0.15, 0.2) is 16.9 Å². The van der Waals surface area contributed by atoms with Gasteiger partial charge in [0.15, 0.2) is 0 Å². The molecule has 0 aliphatic carbocycles. The molecule has 7 nitrogen and oxygen atoms in total. The Bertz CT molecular complexity index is 495. The zero-order valence-electron chi connectivity index (χ0n) is 8.94. The van der Waals surface area contributed by atoms with Gasteiger partial charge in [-0.15, -0.1) is 0 Å². The van der Waals surface area contributed by atoms with E-state index in [1.165, 1.54) is 16.6 Å². The summed E-state index contributed by atoms with van der Waals surface area (Å²) >= 11 is 0. The van der Waals surface area contributed by atoms with E-state index in [-0.39, 0.29) is 18.8 Å². The third-order valence-electron chi connectivity index (χ3n) is 2.72. The van der Waals surface area contributed by atoms with Crippen molar-refractivity contribution in [2.24, 2.45) is 5.92 Å². The van der Waals surface area contributed by atoms with Crippen LogP contribution in [0.1, 0.15) is 12.1 Å². The fourth-order valence-electron chi connectivity index (χ4n) is 1.77. The van der Waals surface area contributed by atoms with Crippen molar-refractivity contribution in [2.75, 3.05) is 13.1 Å². The summed E-state index contributed by atoms with van der Waals surface area (Å²) in [7, 11) is -3.50. The summed E-state index contributed by atoms with van der Waals surface area (Å²) in [6, 6.07) is 1.47. The lowest BCUT2D eigenvalue weighted by molar-refractivity contribution is -0.141. The van der Waals surface area contributed by atoms with Gasteiger partial charge in [0.25, 0.3) is 0 Å². The van der Waals surface area contributed by atoms with Crippen molar-refractivity contribution in [3.63, 3.8) is 0 Å². The molecule has 1 saturated heterocycles. The molecule has 2 rings (SSSR count). The van der Waals surface area contributed by atoms with Crippen molar-refractivity contribution in [1.29, 1.82) is 0 Å². The Balaban J connectivity index is 2.05. The molecule has 17 heavy (non-hydrogen) atoms. The number of hydrogen-bond acceptors (Lipinski definition) is 5. The van der Waals surface area contributed by atoms with Gasteiger partial charge in [-0.2, -0.15) is 0 Å². The first kappa shape index (κ1) is 12.1. The van der Waals surface area contributed by atoms with Crippen LogP contribution in [0.3, 0.4) is 0 Å². The Morgan fingerprint density at radius 2 is 2.41 bits per heavy atom. The van der Waals surface area contributed by atoms with Crippen LogP contribution in [-0.4, -0.2) is 42.0 Å². The highest BCUT2D eigenvalue weighted by molar-refractivity contribution is 7.88. The van der Waals surface area contributed by atoms with Gasteiger partial charge >= 0.3 is 5.97 Å². The largest absolute Gasteiger partial charge is 0.481 e. The topological polar surface area (TPSA) is 101 Å². The lowest BCUT2D eigenvalue weighted by atomic mass is 10.1. The summed E-state index contributed by atoms with van der Waals surface area (Å²) in [5.41, 5.74) is 0.323. The Labute approximate surface area is 98.1 Å². The zero-order chi connectivity index (χ0) is 12.5. The molecule has 0 aromatic carbocycles. The number of sulfonamides is 1. The van der Waals surface area contributed by atoms with Gasteiger partial charge in [0.1, 0.15) is 12.0 Å². The average molecular weight is 260 g/mol. The number of carbonyl (C=O) groups is 1. The highest BCUT2D eigenvalue weighted by Gasteiger charge is 2.35. The Morgan fingerprint density at radius 3 is 2.94 bits per heavy atom. The fourth-order valence-corrected chi connectivity index (χ4v) is 3.27. The number of aliphatic carboxylic acids is 1. The molecule has 1 N–H and O–H groups in total. The number of nitrogens with zero attached hydrogens (tertiary/aromatic N) is 2. The third kappa shape index (κ3) is 2.64. The van der Waals surface area contributed by atoms with Gasteiger partial charge in [0, 0.05) is 19.2 Å². The molecule has 0 radical (unpaired) electrons. The number of rotatable bonds is 4. The number of carboxylic acid groups (broad SMARTS) is 1. The van der Waals surface area contributed by atoms with Crippen LogP contribution < -0.4 is 0 Å².